The van der Waals surface area contributed by atoms with Crippen LogP contribution in [-0.4, -0.2) is 24.6 Å². The topological polar surface area (TPSA) is 63.3 Å². The quantitative estimate of drug-likeness (QED) is 0.908. The third kappa shape index (κ3) is 3.18. The first-order valence-electron chi connectivity index (χ1n) is 6.97. The summed E-state index contributed by atoms with van der Waals surface area (Å²) in [7, 11) is 3.97. The van der Waals surface area contributed by atoms with E-state index in [2.05, 4.69) is 5.32 Å². The van der Waals surface area contributed by atoms with Crippen LogP contribution < -0.4 is 16.0 Å². The van der Waals surface area contributed by atoms with E-state index in [0.29, 0.717) is 17.9 Å². The number of aryl methyl sites for hydroxylation is 2. The van der Waals surface area contributed by atoms with Gasteiger partial charge in [0.2, 0.25) is 0 Å². The molecular formula is C16H22N4O. The maximum atomic E-state index is 12.4. The molecule has 112 valence electrons. The second-order valence-electron chi connectivity index (χ2n) is 5.29. The molecule has 0 unspecified atom stereocenters. The summed E-state index contributed by atoms with van der Waals surface area (Å²) in [6.45, 7) is 4.73. The van der Waals surface area contributed by atoms with Crippen LogP contribution in [0.2, 0.25) is 0 Å². The van der Waals surface area contributed by atoms with Gasteiger partial charge in [-0.1, -0.05) is 6.07 Å². The molecule has 0 aliphatic heterocycles. The van der Waals surface area contributed by atoms with E-state index < -0.39 is 0 Å². The summed E-state index contributed by atoms with van der Waals surface area (Å²) >= 11 is 0. The molecule has 1 aromatic carbocycles. The Morgan fingerprint density at radius 3 is 2.67 bits per heavy atom. The van der Waals surface area contributed by atoms with Crippen LogP contribution in [0.1, 0.15) is 23.0 Å². The smallest absolute Gasteiger partial charge is 0.272 e. The van der Waals surface area contributed by atoms with E-state index in [4.69, 9.17) is 5.73 Å². The first kappa shape index (κ1) is 15.0. The molecule has 0 aliphatic carbocycles. The zero-order chi connectivity index (χ0) is 15.6. The number of anilines is 3. The first-order chi connectivity index (χ1) is 9.92. The number of amides is 1. The van der Waals surface area contributed by atoms with Crippen LogP contribution in [0.4, 0.5) is 17.1 Å². The Kier molecular flexibility index (Phi) is 4.21. The van der Waals surface area contributed by atoms with E-state index in [0.717, 1.165) is 11.4 Å². The Morgan fingerprint density at radius 1 is 1.33 bits per heavy atom. The Balaban J connectivity index is 2.25. The molecule has 0 saturated carbocycles. The fraction of sp³-hybridized carbons (Fsp3) is 0.312. The number of nitrogens with one attached hydrogen (secondary N) is 1. The van der Waals surface area contributed by atoms with E-state index in [9.17, 15) is 4.79 Å². The van der Waals surface area contributed by atoms with Gasteiger partial charge in [-0.2, -0.15) is 0 Å². The van der Waals surface area contributed by atoms with Crippen molar-refractivity contribution in [3.63, 3.8) is 0 Å². The van der Waals surface area contributed by atoms with E-state index in [-0.39, 0.29) is 5.91 Å². The number of nitrogen functional groups attached to an aromatic ring is 1. The fourth-order valence-electron chi connectivity index (χ4n) is 2.35. The second kappa shape index (κ2) is 5.91. The van der Waals surface area contributed by atoms with Crippen LogP contribution in [0.3, 0.4) is 0 Å². The number of hydrogen-bond acceptors (Lipinski definition) is 3. The zero-order valence-electron chi connectivity index (χ0n) is 13.0. The normalized spacial score (nSPS) is 10.5. The van der Waals surface area contributed by atoms with Gasteiger partial charge in [0.05, 0.1) is 5.69 Å². The summed E-state index contributed by atoms with van der Waals surface area (Å²) in [4.78, 5) is 14.4. The molecule has 0 spiro atoms. The minimum Gasteiger partial charge on any atom is -0.397 e. The highest BCUT2D eigenvalue weighted by Gasteiger charge is 2.13. The SMILES string of the molecule is CCn1cc(N)cc1C(=O)Nc1ccc(C)c(N(C)C)c1. The van der Waals surface area contributed by atoms with Crippen molar-refractivity contribution in [2.45, 2.75) is 20.4 Å². The van der Waals surface area contributed by atoms with Crippen LogP contribution in [-0.2, 0) is 6.54 Å². The maximum absolute atomic E-state index is 12.4. The fourth-order valence-corrected chi connectivity index (χ4v) is 2.35. The summed E-state index contributed by atoms with van der Waals surface area (Å²) in [5.74, 6) is -0.151. The number of aromatic nitrogens is 1. The molecule has 2 aromatic rings. The Hall–Kier alpha value is -2.43. The van der Waals surface area contributed by atoms with Crippen LogP contribution >= 0.6 is 0 Å². The average molecular weight is 286 g/mol. The van der Waals surface area contributed by atoms with Crippen molar-refractivity contribution in [2.75, 3.05) is 30.0 Å². The van der Waals surface area contributed by atoms with Gasteiger partial charge in [0.25, 0.3) is 5.91 Å². The lowest BCUT2D eigenvalue weighted by atomic mass is 10.1. The predicted octanol–water partition coefficient (Wildman–Crippen LogP) is 2.72. The highest BCUT2D eigenvalue weighted by atomic mass is 16.1. The number of rotatable bonds is 4. The lowest BCUT2D eigenvalue weighted by Crippen LogP contribution is -2.17. The Bertz CT molecular complexity index is 658. The number of nitrogens with two attached hydrogens (primary N) is 1. The van der Waals surface area contributed by atoms with Gasteiger partial charge in [-0.15, -0.1) is 0 Å². The molecule has 5 nitrogen and oxygen atoms in total. The largest absolute Gasteiger partial charge is 0.397 e. The third-order valence-corrected chi connectivity index (χ3v) is 3.44. The summed E-state index contributed by atoms with van der Waals surface area (Å²) in [5.41, 5.74) is 9.95. The second-order valence-corrected chi connectivity index (χ2v) is 5.29. The van der Waals surface area contributed by atoms with Gasteiger partial charge in [-0.3, -0.25) is 4.79 Å². The average Bonchev–Trinajstić information content (AvgIpc) is 2.82. The van der Waals surface area contributed by atoms with Crippen LogP contribution in [0.15, 0.2) is 30.5 Å². The number of hydrogen-bond donors (Lipinski definition) is 2. The lowest BCUT2D eigenvalue weighted by Gasteiger charge is -2.17. The molecule has 3 N–H and O–H groups in total. The van der Waals surface area contributed by atoms with Gasteiger partial charge >= 0.3 is 0 Å². The summed E-state index contributed by atoms with van der Waals surface area (Å²) in [5, 5.41) is 2.93. The summed E-state index contributed by atoms with van der Waals surface area (Å²) in [6.07, 6.45) is 1.77. The van der Waals surface area contributed by atoms with E-state index in [1.807, 2.05) is 55.6 Å². The van der Waals surface area contributed by atoms with Crippen LogP contribution in [0.5, 0.6) is 0 Å². The van der Waals surface area contributed by atoms with Crippen molar-refractivity contribution in [1.82, 2.24) is 4.57 Å². The maximum Gasteiger partial charge on any atom is 0.272 e. The number of benzene rings is 1. The van der Waals surface area contributed by atoms with Gasteiger partial charge in [0.15, 0.2) is 0 Å². The van der Waals surface area contributed by atoms with E-state index >= 15 is 0 Å². The molecule has 0 atom stereocenters. The van der Waals surface area contributed by atoms with Gasteiger partial charge in [0, 0.05) is 38.2 Å². The monoisotopic (exact) mass is 286 g/mol. The van der Waals surface area contributed by atoms with Crippen LogP contribution in [0.25, 0.3) is 0 Å². The van der Waals surface area contributed by atoms with Gasteiger partial charge in [-0.05, 0) is 37.6 Å². The summed E-state index contributed by atoms with van der Waals surface area (Å²) in [6, 6.07) is 7.57. The molecule has 1 aromatic heterocycles. The third-order valence-electron chi connectivity index (χ3n) is 3.44. The molecule has 2 rings (SSSR count). The van der Waals surface area contributed by atoms with Crippen molar-refractivity contribution in [1.29, 1.82) is 0 Å². The Labute approximate surface area is 125 Å². The van der Waals surface area contributed by atoms with E-state index in [1.54, 1.807) is 12.3 Å². The van der Waals surface area contributed by atoms with Crippen LogP contribution in [0, 0.1) is 6.92 Å². The molecule has 0 radical (unpaired) electrons. The zero-order valence-corrected chi connectivity index (χ0v) is 13.0. The molecule has 21 heavy (non-hydrogen) atoms. The van der Waals surface area contributed by atoms with Gasteiger partial charge in [-0.25, -0.2) is 0 Å². The molecule has 1 amide bonds. The summed E-state index contributed by atoms with van der Waals surface area (Å²) < 4.78 is 1.84. The number of carbonyl (C=O) groups excluding carboxylic acids is 1. The molecule has 5 heteroatoms. The number of nitrogens with zero attached hydrogens (tertiary/aromatic N) is 2. The number of carbonyl (C=O) groups is 1. The van der Waals surface area contributed by atoms with Crippen molar-refractivity contribution >= 4 is 23.0 Å². The van der Waals surface area contributed by atoms with Gasteiger partial charge in [0.1, 0.15) is 5.69 Å². The van der Waals surface area contributed by atoms with Crippen molar-refractivity contribution in [3.8, 4) is 0 Å². The minimum absolute atomic E-state index is 0.151. The molecule has 0 fully saturated rings. The van der Waals surface area contributed by atoms with E-state index in [1.165, 1.54) is 5.56 Å². The molecule has 0 saturated heterocycles. The standard InChI is InChI=1S/C16H22N4O/c1-5-20-10-12(17)8-15(20)16(21)18-13-7-6-11(2)14(9-13)19(3)4/h6-10H,5,17H2,1-4H3,(H,18,21). The van der Waals surface area contributed by atoms with Crippen molar-refractivity contribution < 1.29 is 4.79 Å². The highest BCUT2D eigenvalue weighted by molar-refractivity contribution is 6.04. The molecule has 1 heterocycles. The minimum atomic E-state index is -0.151. The predicted molar refractivity (Wildman–Crippen MR) is 88.0 cm³/mol. The highest BCUT2D eigenvalue weighted by Crippen LogP contribution is 2.23. The van der Waals surface area contributed by atoms with Gasteiger partial charge < -0.3 is 20.5 Å². The molecular weight excluding hydrogens is 264 g/mol. The Morgan fingerprint density at radius 2 is 2.05 bits per heavy atom. The molecule has 0 bridgehead atoms. The van der Waals surface area contributed by atoms with Crippen molar-refractivity contribution in [3.05, 3.63) is 41.7 Å². The molecule has 0 aliphatic rings. The lowest BCUT2D eigenvalue weighted by molar-refractivity contribution is 0.101. The first-order valence-corrected chi connectivity index (χ1v) is 6.97. The van der Waals surface area contributed by atoms with Crippen molar-refractivity contribution in [2.24, 2.45) is 0 Å².